The Hall–Kier alpha value is -0.970. The average molecular weight is 313 g/mol. The van der Waals surface area contributed by atoms with Gasteiger partial charge in [0.15, 0.2) is 0 Å². The molecule has 0 saturated heterocycles. The smallest absolute Gasteiger partial charge is 0.142 e. The van der Waals surface area contributed by atoms with E-state index in [4.69, 9.17) is 11.6 Å². The van der Waals surface area contributed by atoms with Crippen molar-refractivity contribution in [2.75, 3.05) is 6.54 Å². The second kappa shape index (κ2) is 7.16. The van der Waals surface area contributed by atoms with E-state index in [1.54, 1.807) is 17.4 Å². The van der Waals surface area contributed by atoms with E-state index in [1.807, 2.05) is 13.0 Å². The third-order valence-electron chi connectivity index (χ3n) is 3.08. The Bertz CT molecular complexity index is 571. The maximum atomic E-state index is 13.5. The van der Waals surface area contributed by atoms with Crippen LogP contribution in [0.4, 0.5) is 4.39 Å². The zero-order chi connectivity index (χ0) is 14.5. The van der Waals surface area contributed by atoms with Crippen molar-refractivity contribution in [1.82, 2.24) is 10.3 Å². The molecule has 0 spiro atoms. The lowest BCUT2D eigenvalue weighted by Crippen LogP contribution is -2.33. The van der Waals surface area contributed by atoms with Crippen LogP contribution in [-0.2, 0) is 12.8 Å². The van der Waals surface area contributed by atoms with Gasteiger partial charge in [0.25, 0.3) is 0 Å². The lowest BCUT2D eigenvalue weighted by Gasteiger charge is -2.17. The fourth-order valence-electron chi connectivity index (χ4n) is 2.21. The zero-order valence-corrected chi connectivity index (χ0v) is 13.2. The van der Waals surface area contributed by atoms with Crippen LogP contribution >= 0.6 is 22.9 Å². The molecule has 0 aliphatic rings. The number of halogens is 2. The van der Waals surface area contributed by atoms with Crippen LogP contribution in [0.25, 0.3) is 0 Å². The predicted molar refractivity (Wildman–Crippen MR) is 83.1 cm³/mol. The molecule has 20 heavy (non-hydrogen) atoms. The van der Waals surface area contributed by atoms with E-state index in [-0.39, 0.29) is 16.9 Å². The van der Waals surface area contributed by atoms with Crippen LogP contribution < -0.4 is 5.32 Å². The number of nitrogens with one attached hydrogen (secondary N) is 1. The van der Waals surface area contributed by atoms with E-state index in [0.717, 1.165) is 35.7 Å². The molecule has 0 aliphatic carbocycles. The fourth-order valence-corrected chi connectivity index (χ4v) is 2.95. The second-order valence-corrected chi connectivity index (χ2v) is 6.24. The molecular formula is C15H18ClFN2S. The minimum atomic E-state index is -0.357. The number of rotatable bonds is 6. The number of thiazole rings is 1. The van der Waals surface area contributed by atoms with Gasteiger partial charge in [-0.3, -0.25) is 0 Å². The van der Waals surface area contributed by atoms with Gasteiger partial charge in [0.2, 0.25) is 0 Å². The van der Waals surface area contributed by atoms with Crippen molar-refractivity contribution in [2.45, 2.75) is 32.7 Å². The van der Waals surface area contributed by atoms with Crippen LogP contribution in [0.1, 0.15) is 23.2 Å². The third-order valence-corrected chi connectivity index (χ3v) is 4.21. The Labute approximate surface area is 128 Å². The summed E-state index contributed by atoms with van der Waals surface area (Å²) in [5.74, 6) is -0.357. The molecule has 0 radical (unpaired) electrons. The Morgan fingerprint density at radius 1 is 1.40 bits per heavy atom. The van der Waals surface area contributed by atoms with Crippen molar-refractivity contribution in [2.24, 2.45) is 0 Å². The van der Waals surface area contributed by atoms with Crippen LogP contribution in [0, 0.1) is 12.7 Å². The third kappa shape index (κ3) is 4.27. The summed E-state index contributed by atoms with van der Waals surface area (Å²) < 4.78 is 13.5. The number of likely N-dealkylation sites (N-methyl/N-ethyl adjacent to an activating group) is 1. The summed E-state index contributed by atoms with van der Waals surface area (Å²) in [6.45, 7) is 4.95. The minimum absolute atomic E-state index is 0.170. The van der Waals surface area contributed by atoms with Crippen molar-refractivity contribution in [1.29, 1.82) is 0 Å². The van der Waals surface area contributed by atoms with Crippen molar-refractivity contribution in [3.63, 3.8) is 0 Å². The van der Waals surface area contributed by atoms with Crippen molar-refractivity contribution >= 4 is 22.9 Å². The highest BCUT2D eigenvalue weighted by Gasteiger charge is 2.12. The lowest BCUT2D eigenvalue weighted by atomic mass is 10.0. The normalized spacial score (nSPS) is 12.6. The van der Waals surface area contributed by atoms with Gasteiger partial charge in [-0.2, -0.15) is 0 Å². The standard InChI is InChI=1S/C15H18ClFN2S/c1-3-18-12(8-13-9-20-10(2)19-13)6-11-4-5-14(16)15(17)7-11/h4-5,7,9,12,18H,3,6,8H2,1-2H3. The molecule has 2 rings (SSSR count). The van der Waals surface area contributed by atoms with Crippen LogP contribution in [0.5, 0.6) is 0 Å². The summed E-state index contributed by atoms with van der Waals surface area (Å²) in [4.78, 5) is 4.49. The zero-order valence-electron chi connectivity index (χ0n) is 11.6. The molecule has 5 heteroatoms. The van der Waals surface area contributed by atoms with E-state index in [9.17, 15) is 4.39 Å². The number of aromatic nitrogens is 1. The van der Waals surface area contributed by atoms with E-state index in [0.29, 0.717) is 0 Å². The summed E-state index contributed by atoms with van der Waals surface area (Å²) in [6, 6.07) is 5.26. The Kier molecular flexibility index (Phi) is 5.52. The van der Waals surface area contributed by atoms with Gasteiger partial charge in [-0.15, -0.1) is 11.3 Å². The monoisotopic (exact) mass is 312 g/mol. The molecule has 2 nitrogen and oxygen atoms in total. The number of benzene rings is 1. The summed E-state index contributed by atoms with van der Waals surface area (Å²) in [7, 11) is 0. The Balaban J connectivity index is 2.06. The molecule has 0 saturated carbocycles. The Morgan fingerprint density at radius 2 is 2.20 bits per heavy atom. The molecule has 108 valence electrons. The van der Waals surface area contributed by atoms with Crippen LogP contribution in [0.2, 0.25) is 5.02 Å². The van der Waals surface area contributed by atoms with E-state index >= 15 is 0 Å². The molecule has 1 unspecified atom stereocenters. The minimum Gasteiger partial charge on any atom is -0.314 e. The first-order valence-corrected chi connectivity index (χ1v) is 7.92. The van der Waals surface area contributed by atoms with Crippen LogP contribution in [0.15, 0.2) is 23.6 Å². The molecule has 1 N–H and O–H groups in total. The molecule has 1 heterocycles. The summed E-state index contributed by atoms with van der Waals surface area (Å²) in [5.41, 5.74) is 2.04. The molecule has 1 aromatic carbocycles. The van der Waals surface area contributed by atoms with Crippen molar-refractivity contribution in [3.8, 4) is 0 Å². The highest BCUT2D eigenvalue weighted by Crippen LogP contribution is 2.18. The maximum absolute atomic E-state index is 13.5. The van der Waals surface area contributed by atoms with Crippen molar-refractivity contribution in [3.05, 3.63) is 50.7 Å². The van der Waals surface area contributed by atoms with E-state index < -0.39 is 0 Å². The Morgan fingerprint density at radius 3 is 2.80 bits per heavy atom. The molecule has 1 aromatic heterocycles. The van der Waals surface area contributed by atoms with Gasteiger partial charge in [-0.25, -0.2) is 9.37 Å². The molecule has 0 aliphatic heterocycles. The van der Waals surface area contributed by atoms with Crippen LogP contribution in [0.3, 0.4) is 0 Å². The van der Waals surface area contributed by atoms with Gasteiger partial charge < -0.3 is 5.32 Å². The van der Waals surface area contributed by atoms with E-state index in [2.05, 4.69) is 22.6 Å². The largest absolute Gasteiger partial charge is 0.314 e. The second-order valence-electron chi connectivity index (χ2n) is 4.77. The first-order chi connectivity index (χ1) is 9.58. The number of hydrogen-bond acceptors (Lipinski definition) is 3. The average Bonchev–Trinajstić information content (AvgIpc) is 2.80. The quantitative estimate of drug-likeness (QED) is 0.872. The summed E-state index contributed by atoms with van der Waals surface area (Å²) >= 11 is 7.37. The van der Waals surface area contributed by atoms with E-state index in [1.165, 1.54) is 6.07 Å². The van der Waals surface area contributed by atoms with Crippen molar-refractivity contribution < 1.29 is 4.39 Å². The highest BCUT2D eigenvalue weighted by atomic mass is 35.5. The fraction of sp³-hybridized carbons (Fsp3) is 0.400. The summed E-state index contributed by atoms with van der Waals surface area (Å²) in [6.07, 6.45) is 1.61. The molecule has 2 aromatic rings. The predicted octanol–water partition coefficient (Wildman–Crippen LogP) is 4.01. The van der Waals surface area contributed by atoms with Gasteiger partial charge in [0.1, 0.15) is 5.82 Å². The number of aryl methyl sites for hydroxylation is 1. The van der Waals surface area contributed by atoms with Gasteiger partial charge in [-0.1, -0.05) is 24.6 Å². The van der Waals surface area contributed by atoms with Gasteiger partial charge in [0, 0.05) is 17.8 Å². The highest BCUT2D eigenvalue weighted by molar-refractivity contribution is 7.09. The first kappa shape index (κ1) is 15.4. The van der Waals surface area contributed by atoms with Crippen LogP contribution in [-0.4, -0.2) is 17.6 Å². The number of hydrogen-bond donors (Lipinski definition) is 1. The lowest BCUT2D eigenvalue weighted by molar-refractivity contribution is 0.515. The molecule has 1 atom stereocenters. The first-order valence-electron chi connectivity index (χ1n) is 6.66. The molecular weight excluding hydrogens is 295 g/mol. The van der Waals surface area contributed by atoms with Gasteiger partial charge >= 0.3 is 0 Å². The molecule has 0 bridgehead atoms. The number of nitrogens with zero attached hydrogens (tertiary/aromatic N) is 1. The SMILES string of the molecule is CCNC(Cc1ccc(Cl)c(F)c1)Cc1csc(C)n1. The van der Waals surface area contributed by atoms with Gasteiger partial charge in [-0.05, 0) is 37.6 Å². The molecule has 0 fully saturated rings. The van der Waals surface area contributed by atoms with Gasteiger partial charge in [0.05, 0.1) is 15.7 Å². The maximum Gasteiger partial charge on any atom is 0.142 e. The summed E-state index contributed by atoms with van der Waals surface area (Å²) in [5, 5.41) is 6.76. The molecule has 0 amide bonds. The topological polar surface area (TPSA) is 24.9 Å².